The summed E-state index contributed by atoms with van der Waals surface area (Å²) < 4.78 is 23.6. The number of carbonyl (C=O) groups is 1. The molecule has 0 aliphatic heterocycles. The van der Waals surface area contributed by atoms with Gasteiger partial charge in [0.15, 0.2) is 0 Å². The number of allylic oxidation sites excluding steroid dienone is 7. The van der Waals surface area contributed by atoms with Crippen molar-refractivity contribution < 1.29 is 32.9 Å². The molecule has 9 heteroatoms. The Labute approximate surface area is 365 Å². The molecule has 3 atom stereocenters. The van der Waals surface area contributed by atoms with Gasteiger partial charge in [0.1, 0.15) is 13.2 Å². The summed E-state index contributed by atoms with van der Waals surface area (Å²) in [4.78, 5) is 23.1. The van der Waals surface area contributed by atoms with Crippen LogP contribution >= 0.6 is 7.82 Å². The fourth-order valence-corrected chi connectivity index (χ4v) is 7.57. The summed E-state index contributed by atoms with van der Waals surface area (Å²) in [5, 5.41) is 13.8. The van der Waals surface area contributed by atoms with Crippen LogP contribution in [0.1, 0.15) is 213 Å². The van der Waals surface area contributed by atoms with Crippen LogP contribution in [0.3, 0.4) is 0 Å². The second-order valence-electron chi connectivity index (χ2n) is 17.8. The molecular formula is C50H96N2O6P+. The highest BCUT2D eigenvalue weighted by molar-refractivity contribution is 7.47. The van der Waals surface area contributed by atoms with E-state index in [4.69, 9.17) is 9.05 Å². The van der Waals surface area contributed by atoms with Crippen molar-refractivity contribution in [2.75, 3.05) is 40.9 Å². The monoisotopic (exact) mass is 852 g/mol. The molecule has 1 amide bonds. The molecule has 0 aromatic carbocycles. The zero-order valence-electron chi connectivity index (χ0n) is 39.2. The number of aliphatic hydroxyl groups is 1. The van der Waals surface area contributed by atoms with Crippen LogP contribution in [-0.2, 0) is 18.4 Å². The molecule has 346 valence electrons. The number of likely N-dealkylation sites (N-methyl/N-ethyl adjacent to an activating group) is 1. The third kappa shape index (κ3) is 44.3. The van der Waals surface area contributed by atoms with Gasteiger partial charge in [-0.3, -0.25) is 13.8 Å². The highest BCUT2D eigenvalue weighted by atomic mass is 31.2. The number of nitrogens with zero attached hydrogens (tertiary/aromatic N) is 1. The third-order valence-corrected chi connectivity index (χ3v) is 11.8. The molecule has 0 heterocycles. The molecule has 0 saturated carbocycles. The van der Waals surface area contributed by atoms with E-state index in [1.807, 2.05) is 27.2 Å². The Hall–Kier alpha value is -1.54. The average molecular weight is 852 g/mol. The number of quaternary nitrogens is 1. The number of phosphoric ester groups is 1. The Morgan fingerprint density at radius 2 is 1.00 bits per heavy atom. The summed E-state index contributed by atoms with van der Waals surface area (Å²) in [7, 11) is 1.54. The quantitative estimate of drug-likeness (QED) is 0.0244. The van der Waals surface area contributed by atoms with Gasteiger partial charge >= 0.3 is 7.82 Å². The lowest BCUT2D eigenvalue weighted by Gasteiger charge is -2.25. The van der Waals surface area contributed by atoms with Gasteiger partial charge in [-0.1, -0.05) is 197 Å². The lowest BCUT2D eigenvalue weighted by Crippen LogP contribution is -2.45. The molecule has 59 heavy (non-hydrogen) atoms. The number of nitrogens with one attached hydrogen (secondary N) is 1. The first-order chi connectivity index (χ1) is 28.5. The second kappa shape index (κ2) is 41.8. The zero-order chi connectivity index (χ0) is 43.6. The number of unbranched alkanes of at least 4 members (excludes halogenated alkanes) is 25. The summed E-state index contributed by atoms with van der Waals surface area (Å²) in [5.74, 6) is -0.202. The third-order valence-electron chi connectivity index (χ3n) is 10.8. The fourth-order valence-electron chi connectivity index (χ4n) is 6.84. The Kier molecular flexibility index (Phi) is 40.7. The van der Waals surface area contributed by atoms with Crippen LogP contribution in [0, 0.1) is 0 Å². The molecule has 0 saturated heterocycles. The summed E-state index contributed by atoms with van der Waals surface area (Å²) in [6.45, 7) is 4.74. The van der Waals surface area contributed by atoms with Crippen molar-refractivity contribution in [1.29, 1.82) is 0 Å². The van der Waals surface area contributed by atoms with E-state index in [9.17, 15) is 19.4 Å². The number of rotatable bonds is 44. The highest BCUT2D eigenvalue weighted by Gasteiger charge is 2.27. The van der Waals surface area contributed by atoms with E-state index in [2.05, 4.69) is 55.6 Å². The summed E-state index contributed by atoms with van der Waals surface area (Å²) in [5.41, 5.74) is 0. The van der Waals surface area contributed by atoms with E-state index in [-0.39, 0.29) is 19.1 Å². The average Bonchev–Trinajstić information content (AvgIpc) is 3.19. The first-order valence-electron chi connectivity index (χ1n) is 24.5. The molecule has 0 radical (unpaired) electrons. The van der Waals surface area contributed by atoms with Gasteiger partial charge in [0.05, 0.1) is 39.9 Å². The van der Waals surface area contributed by atoms with Crippen LogP contribution in [0.4, 0.5) is 0 Å². The van der Waals surface area contributed by atoms with Crippen molar-refractivity contribution in [3.8, 4) is 0 Å². The Bertz CT molecular complexity index is 1100. The van der Waals surface area contributed by atoms with Crippen molar-refractivity contribution in [2.45, 2.75) is 225 Å². The maximum absolute atomic E-state index is 12.9. The summed E-state index contributed by atoms with van der Waals surface area (Å²) in [6.07, 6.45) is 53.4. The van der Waals surface area contributed by atoms with Crippen molar-refractivity contribution in [3.63, 3.8) is 0 Å². The molecule has 3 unspecified atom stereocenters. The lowest BCUT2D eigenvalue weighted by molar-refractivity contribution is -0.870. The van der Waals surface area contributed by atoms with Crippen LogP contribution < -0.4 is 5.32 Å². The van der Waals surface area contributed by atoms with Crippen LogP contribution in [0.25, 0.3) is 0 Å². The van der Waals surface area contributed by atoms with Crippen LogP contribution in [0.2, 0.25) is 0 Å². The Balaban J connectivity index is 4.37. The zero-order valence-corrected chi connectivity index (χ0v) is 40.1. The largest absolute Gasteiger partial charge is 0.472 e. The van der Waals surface area contributed by atoms with Crippen LogP contribution in [0.15, 0.2) is 48.6 Å². The molecule has 0 rings (SSSR count). The van der Waals surface area contributed by atoms with Gasteiger partial charge in [-0.15, -0.1) is 0 Å². The van der Waals surface area contributed by atoms with Crippen molar-refractivity contribution in [3.05, 3.63) is 48.6 Å². The van der Waals surface area contributed by atoms with E-state index >= 15 is 0 Å². The number of phosphoric acid groups is 1. The molecule has 8 nitrogen and oxygen atoms in total. The smallest absolute Gasteiger partial charge is 0.387 e. The Morgan fingerprint density at radius 3 is 1.51 bits per heavy atom. The number of hydrogen-bond donors (Lipinski definition) is 3. The van der Waals surface area contributed by atoms with E-state index in [0.717, 1.165) is 64.2 Å². The lowest BCUT2D eigenvalue weighted by atomic mass is 10.0. The maximum atomic E-state index is 12.9. The first kappa shape index (κ1) is 57.5. The van der Waals surface area contributed by atoms with Gasteiger partial charge in [-0.05, 0) is 57.8 Å². The van der Waals surface area contributed by atoms with Crippen LogP contribution in [-0.4, -0.2) is 73.4 Å². The maximum Gasteiger partial charge on any atom is 0.472 e. The Morgan fingerprint density at radius 1 is 0.576 bits per heavy atom. The molecule has 0 aromatic heterocycles. The SMILES string of the molecule is CCCC/C=C\C/C=C\CCCCCCCC(=O)NC(COP(=O)(O)OCC[N+](C)(C)C)C(O)/C=C/CC/C=C/CCCCCCCCCCCCCCCCCCC. The topological polar surface area (TPSA) is 105 Å². The molecule has 3 N–H and O–H groups in total. The van der Waals surface area contributed by atoms with Gasteiger partial charge in [0.2, 0.25) is 5.91 Å². The van der Waals surface area contributed by atoms with Crippen molar-refractivity contribution >= 4 is 13.7 Å². The van der Waals surface area contributed by atoms with Crippen molar-refractivity contribution in [1.82, 2.24) is 5.32 Å². The number of aliphatic hydroxyl groups excluding tert-OH is 1. The molecule has 0 aliphatic rings. The molecule has 0 spiro atoms. The van der Waals surface area contributed by atoms with Gasteiger partial charge in [-0.25, -0.2) is 4.57 Å². The molecule has 0 bridgehead atoms. The number of hydrogen-bond acceptors (Lipinski definition) is 5. The van der Waals surface area contributed by atoms with Crippen LogP contribution in [0.5, 0.6) is 0 Å². The highest BCUT2D eigenvalue weighted by Crippen LogP contribution is 2.43. The van der Waals surface area contributed by atoms with E-state index < -0.39 is 20.0 Å². The summed E-state index contributed by atoms with van der Waals surface area (Å²) >= 11 is 0. The van der Waals surface area contributed by atoms with Gasteiger partial charge in [-0.2, -0.15) is 0 Å². The van der Waals surface area contributed by atoms with Gasteiger partial charge in [0, 0.05) is 6.42 Å². The summed E-state index contributed by atoms with van der Waals surface area (Å²) in [6, 6.07) is -0.871. The van der Waals surface area contributed by atoms with Gasteiger partial charge < -0.3 is 19.8 Å². The standard InChI is InChI=1S/C50H95N2O6P/c1-6-8-10-12-14-16-18-20-22-23-24-25-26-27-28-29-30-31-33-35-37-39-41-43-49(53)48(47-58-59(55,56)57-46-45-52(3,4)5)51-50(54)44-42-40-38-36-34-32-21-19-17-15-13-11-9-7-2/h13,15,19,21,33,35,41,43,48-49,53H,6-12,14,16-18,20,22-32,34,36-40,42,44-47H2,1-5H3,(H-,51,54,55,56)/p+1/b15-13-,21-19-,35-33+,43-41+. The minimum Gasteiger partial charge on any atom is -0.387 e. The minimum absolute atomic E-state index is 0.0521. The predicted molar refractivity (Wildman–Crippen MR) is 254 cm³/mol. The van der Waals surface area contributed by atoms with E-state index in [1.54, 1.807) is 6.08 Å². The van der Waals surface area contributed by atoms with Crippen molar-refractivity contribution in [2.24, 2.45) is 0 Å². The second-order valence-corrected chi connectivity index (χ2v) is 19.3. The number of carbonyl (C=O) groups excluding carboxylic acids is 1. The molecule has 0 fully saturated rings. The minimum atomic E-state index is -4.35. The molecular weight excluding hydrogens is 756 g/mol. The predicted octanol–water partition coefficient (Wildman–Crippen LogP) is 14.0. The van der Waals surface area contributed by atoms with Gasteiger partial charge in [0.25, 0.3) is 0 Å². The molecule has 0 aromatic rings. The van der Waals surface area contributed by atoms with E-state index in [1.165, 1.54) is 128 Å². The fraction of sp³-hybridized carbons (Fsp3) is 0.820. The number of amides is 1. The normalized spacial score (nSPS) is 14.6. The van der Waals surface area contributed by atoms with E-state index in [0.29, 0.717) is 17.4 Å². The first-order valence-corrected chi connectivity index (χ1v) is 26.0. The molecule has 0 aliphatic carbocycles.